The van der Waals surface area contributed by atoms with Crippen LogP contribution in [0.3, 0.4) is 0 Å². The third kappa shape index (κ3) is 9.92. The Morgan fingerprint density at radius 1 is 1.08 bits per heavy atom. The molecular formula is C10H21O2. The molecule has 0 bridgehead atoms. The molecule has 12 heavy (non-hydrogen) atoms. The minimum atomic E-state index is 0.0371. The molecule has 73 valence electrons. The van der Waals surface area contributed by atoms with Crippen LogP contribution in [0.2, 0.25) is 0 Å². The van der Waals surface area contributed by atoms with Crippen LogP contribution in [-0.2, 0) is 9.84 Å². The average Bonchev–Trinajstić information content (AvgIpc) is 2.02. The number of rotatable bonds is 8. The first-order valence-electron chi connectivity index (χ1n) is 4.93. The van der Waals surface area contributed by atoms with Gasteiger partial charge in [-0.05, 0) is 31.6 Å². The number of unbranched alkanes of at least 4 members (excludes halogenated alkanes) is 1. The third-order valence-corrected chi connectivity index (χ3v) is 1.75. The number of ether oxygens (including phenoxy) is 1. The Morgan fingerprint density at radius 2 is 1.75 bits per heavy atom. The summed E-state index contributed by atoms with van der Waals surface area (Å²) in [5, 5.41) is 10.1. The zero-order valence-corrected chi connectivity index (χ0v) is 8.34. The molecule has 0 aromatic carbocycles. The van der Waals surface area contributed by atoms with Gasteiger partial charge in [0.1, 0.15) is 0 Å². The fraction of sp³-hybridized carbons (Fsp3) is 1.00. The van der Waals surface area contributed by atoms with E-state index in [1.807, 2.05) is 0 Å². The summed E-state index contributed by atoms with van der Waals surface area (Å²) < 4.78 is 5.35. The monoisotopic (exact) mass is 173 g/mol. The van der Waals surface area contributed by atoms with Crippen LogP contribution in [0.4, 0.5) is 0 Å². The summed E-state index contributed by atoms with van der Waals surface area (Å²) in [6.07, 6.45) is 4.06. The maximum Gasteiger partial charge on any atom is 0.0823 e. The van der Waals surface area contributed by atoms with Crippen LogP contribution in [0.25, 0.3) is 0 Å². The van der Waals surface area contributed by atoms with E-state index in [0.717, 1.165) is 38.4 Å². The molecule has 0 unspecified atom stereocenters. The average molecular weight is 173 g/mol. The van der Waals surface area contributed by atoms with Gasteiger partial charge in [-0.15, -0.1) is 0 Å². The van der Waals surface area contributed by atoms with Crippen molar-refractivity contribution in [2.45, 2.75) is 39.5 Å². The van der Waals surface area contributed by atoms with Gasteiger partial charge in [0, 0.05) is 13.2 Å². The summed E-state index contributed by atoms with van der Waals surface area (Å²) in [6, 6.07) is 0. The molecule has 0 aromatic heterocycles. The molecule has 2 heteroatoms. The van der Waals surface area contributed by atoms with Crippen molar-refractivity contribution in [2.75, 3.05) is 19.8 Å². The Balaban J connectivity index is 2.82. The summed E-state index contributed by atoms with van der Waals surface area (Å²) in [5.74, 6) is 0.773. The van der Waals surface area contributed by atoms with Crippen LogP contribution in [0, 0.1) is 5.92 Å². The first-order chi connectivity index (χ1) is 5.77. The van der Waals surface area contributed by atoms with Gasteiger partial charge < -0.3 is 4.74 Å². The van der Waals surface area contributed by atoms with E-state index in [-0.39, 0.29) is 6.61 Å². The van der Waals surface area contributed by atoms with Crippen LogP contribution in [0.5, 0.6) is 0 Å². The maximum atomic E-state index is 10.1. The number of hydrogen-bond donors (Lipinski definition) is 0. The van der Waals surface area contributed by atoms with E-state index in [2.05, 4.69) is 13.8 Å². The molecule has 0 atom stereocenters. The van der Waals surface area contributed by atoms with E-state index < -0.39 is 0 Å². The molecule has 0 fully saturated rings. The zero-order valence-electron chi connectivity index (χ0n) is 8.34. The Hall–Kier alpha value is -0.0800. The standard InChI is InChI=1S/C10H21O2/c1-10(2)6-5-9-12-8-4-3-7-11/h10H,3-9H2,1-2H3. The molecule has 0 amide bonds. The highest BCUT2D eigenvalue weighted by atomic mass is 16.5. The van der Waals surface area contributed by atoms with E-state index >= 15 is 0 Å². The van der Waals surface area contributed by atoms with Crippen LogP contribution in [0.1, 0.15) is 39.5 Å². The van der Waals surface area contributed by atoms with Crippen molar-refractivity contribution in [1.29, 1.82) is 0 Å². The van der Waals surface area contributed by atoms with Crippen molar-refractivity contribution in [3.05, 3.63) is 0 Å². The van der Waals surface area contributed by atoms with Gasteiger partial charge in [0.15, 0.2) is 0 Å². The summed E-state index contributed by atoms with van der Waals surface area (Å²) in [4.78, 5) is 0. The molecule has 0 heterocycles. The highest BCUT2D eigenvalue weighted by molar-refractivity contribution is 4.44. The van der Waals surface area contributed by atoms with Crippen molar-refractivity contribution in [3.63, 3.8) is 0 Å². The first-order valence-corrected chi connectivity index (χ1v) is 4.93. The smallest absolute Gasteiger partial charge is 0.0823 e. The lowest BCUT2D eigenvalue weighted by atomic mass is 10.1. The van der Waals surface area contributed by atoms with Crippen molar-refractivity contribution < 1.29 is 9.84 Å². The Labute approximate surface area is 75.9 Å². The minimum Gasteiger partial charge on any atom is -0.381 e. The van der Waals surface area contributed by atoms with Crippen LogP contribution in [0.15, 0.2) is 0 Å². The lowest BCUT2D eigenvalue weighted by Crippen LogP contribution is -1.99. The Kier molecular flexibility index (Phi) is 8.95. The second kappa shape index (κ2) is 9.01. The summed E-state index contributed by atoms with van der Waals surface area (Å²) in [7, 11) is 0. The highest BCUT2D eigenvalue weighted by Crippen LogP contribution is 2.03. The van der Waals surface area contributed by atoms with E-state index in [4.69, 9.17) is 4.74 Å². The molecule has 2 nitrogen and oxygen atoms in total. The number of hydrogen-bond acceptors (Lipinski definition) is 1. The van der Waals surface area contributed by atoms with Gasteiger partial charge in [-0.1, -0.05) is 13.8 Å². The molecule has 1 radical (unpaired) electrons. The highest BCUT2D eigenvalue weighted by Gasteiger charge is 1.93. The van der Waals surface area contributed by atoms with Gasteiger partial charge in [-0.2, -0.15) is 0 Å². The van der Waals surface area contributed by atoms with Crippen molar-refractivity contribution in [1.82, 2.24) is 0 Å². The van der Waals surface area contributed by atoms with Crippen LogP contribution >= 0.6 is 0 Å². The lowest BCUT2D eigenvalue weighted by molar-refractivity contribution is 0.112. The maximum absolute atomic E-state index is 10.1. The van der Waals surface area contributed by atoms with E-state index in [1.54, 1.807) is 0 Å². The summed E-state index contributed by atoms with van der Waals surface area (Å²) >= 11 is 0. The van der Waals surface area contributed by atoms with Crippen LogP contribution < -0.4 is 0 Å². The van der Waals surface area contributed by atoms with Gasteiger partial charge in [-0.25, -0.2) is 5.11 Å². The Morgan fingerprint density at radius 3 is 2.33 bits per heavy atom. The Bertz CT molecular complexity index is 81.9. The third-order valence-electron chi connectivity index (χ3n) is 1.75. The SMILES string of the molecule is CC(C)CCCOCCCC[O]. The lowest BCUT2D eigenvalue weighted by Gasteiger charge is -2.05. The minimum absolute atomic E-state index is 0.0371. The summed E-state index contributed by atoms with van der Waals surface area (Å²) in [5.41, 5.74) is 0. The molecule has 0 N–H and O–H groups in total. The van der Waals surface area contributed by atoms with E-state index in [1.165, 1.54) is 6.42 Å². The molecule has 0 saturated carbocycles. The molecule has 0 saturated heterocycles. The van der Waals surface area contributed by atoms with Crippen molar-refractivity contribution in [2.24, 2.45) is 5.92 Å². The second-order valence-corrected chi connectivity index (χ2v) is 3.56. The van der Waals surface area contributed by atoms with E-state index in [0.29, 0.717) is 0 Å². The fourth-order valence-electron chi connectivity index (χ4n) is 1.00. The molecular weight excluding hydrogens is 152 g/mol. The molecule has 0 spiro atoms. The quantitative estimate of drug-likeness (QED) is 0.519. The molecule has 0 aliphatic rings. The zero-order chi connectivity index (χ0) is 9.23. The molecule has 0 aliphatic carbocycles. The largest absolute Gasteiger partial charge is 0.381 e. The predicted octanol–water partition coefficient (Wildman–Crippen LogP) is 2.65. The van der Waals surface area contributed by atoms with Gasteiger partial charge in [-0.3, -0.25) is 0 Å². The van der Waals surface area contributed by atoms with Crippen molar-refractivity contribution >= 4 is 0 Å². The first kappa shape index (κ1) is 11.9. The van der Waals surface area contributed by atoms with Crippen LogP contribution in [-0.4, -0.2) is 19.8 Å². The topological polar surface area (TPSA) is 29.1 Å². The summed E-state index contributed by atoms with van der Waals surface area (Å²) in [6.45, 7) is 6.10. The second-order valence-electron chi connectivity index (χ2n) is 3.56. The fourth-order valence-corrected chi connectivity index (χ4v) is 1.00. The van der Waals surface area contributed by atoms with E-state index in [9.17, 15) is 5.11 Å². The normalized spacial score (nSPS) is 11.0. The van der Waals surface area contributed by atoms with Gasteiger partial charge in [0.2, 0.25) is 0 Å². The molecule has 0 rings (SSSR count). The van der Waals surface area contributed by atoms with Crippen molar-refractivity contribution in [3.8, 4) is 0 Å². The molecule has 0 aromatic rings. The predicted molar refractivity (Wildman–Crippen MR) is 49.7 cm³/mol. The van der Waals surface area contributed by atoms with Gasteiger partial charge in [0.05, 0.1) is 6.61 Å². The van der Waals surface area contributed by atoms with Gasteiger partial charge in [0.25, 0.3) is 0 Å². The molecule has 0 aliphatic heterocycles. The van der Waals surface area contributed by atoms with Gasteiger partial charge >= 0.3 is 0 Å².